The molecule has 31 heavy (non-hydrogen) atoms. The third-order valence-electron chi connectivity index (χ3n) is 5.64. The van der Waals surface area contributed by atoms with E-state index in [2.05, 4.69) is 52.8 Å². The Kier molecular flexibility index (Phi) is 5.88. The lowest BCUT2D eigenvalue weighted by atomic mass is 9.87. The molecule has 1 amide bonds. The number of aromatic nitrogens is 1. The van der Waals surface area contributed by atoms with E-state index in [9.17, 15) is 4.79 Å². The van der Waals surface area contributed by atoms with E-state index in [0.717, 1.165) is 31.6 Å². The molecular formula is C25H28N2O2S2. The number of rotatable bonds is 5. The van der Waals surface area contributed by atoms with E-state index in [1.54, 1.807) is 11.3 Å². The van der Waals surface area contributed by atoms with Gasteiger partial charge in [0.15, 0.2) is 4.34 Å². The van der Waals surface area contributed by atoms with Gasteiger partial charge in [-0.05, 0) is 88.6 Å². The largest absolute Gasteiger partial charge is 0.494 e. The summed E-state index contributed by atoms with van der Waals surface area (Å²) < 4.78 is 7.57. The van der Waals surface area contributed by atoms with Crippen LogP contribution in [0, 0.1) is 13.8 Å². The summed E-state index contributed by atoms with van der Waals surface area (Å²) in [6, 6.07) is 10.3. The number of carbonyl (C=O) groups excluding carboxylic acids is 1. The molecule has 0 bridgehead atoms. The number of hydrogen-bond donors (Lipinski definition) is 0. The van der Waals surface area contributed by atoms with Crippen LogP contribution >= 0.6 is 23.1 Å². The molecule has 0 saturated heterocycles. The number of anilines is 1. The monoisotopic (exact) mass is 452 g/mol. The zero-order valence-electron chi connectivity index (χ0n) is 18.9. The Morgan fingerprint density at radius 2 is 1.90 bits per heavy atom. The van der Waals surface area contributed by atoms with Crippen molar-refractivity contribution in [3.05, 3.63) is 53.1 Å². The first-order chi connectivity index (χ1) is 14.7. The van der Waals surface area contributed by atoms with Crippen LogP contribution in [0.4, 0.5) is 5.69 Å². The molecule has 1 aliphatic heterocycles. The summed E-state index contributed by atoms with van der Waals surface area (Å²) in [5, 5.41) is 0. The van der Waals surface area contributed by atoms with Crippen LogP contribution in [0.15, 0.2) is 40.7 Å². The molecule has 1 aromatic heterocycles. The molecule has 1 aliphatic rings. The van der Waals surface area contributed by atoms with Crippen LogP contribution in [0.1, 0.15) is 44.4 Å². The zero-order valence-corrected chi connectivity index (χ0v) is 20.5. The topological polar surface area (TPSA) is 42.4 Å². The predicted molar refractivity (Wildman–Crippen MR) is 133 cm³/mol. The van der Waals surface area contributed by atoms with E-state index < -0.39 is 0 Å². The van der Waals surface area contributed by atoms with Crippen LogP contribution in [0.5, 0.6) is 5.75 Å². The Morgan fingerprint density at radius 1 is 1.16 bits per heavy atom. The second-order valence-corrected chi connectivity index (χ2v) is 10.7. The summed E-state index contributed by atoms with van der Waals surface area (Å²) >= 11 is 3.11. The molecule has 4 rings (SSSR count). The Hall–Kier alpha value is -2.31. The van der Waals surface area contributed by atoms with Crippen LogP contribution in [-0.4, -0.2) is 28.8 Å². The van der Waals surface area contributed by atoms with E-state index in [1.807, 2.05) is 30.0 Å². The molecule has 3 aromatic rings. The quantitative estimate of drug-likeness (QED) is 0.407. The van der Waals surface area contributed by atoms with Crippen LogP contribution in [0.25, 0.3) is 15.8 Å². The number of aryl methyl sites for hydroxylation is 2. The normalized spacial score (nSPS) is 15.0. The van der Waals surface area contributed by atoms with Crippen molar-refractivity contribution >= 4 is 50.5 Å². The van der Waals surface area contributed by atoms with Gasteiger partial charge >= 0.3 is 0 Å². The molecule has 0 aliphatic carbocycles. The second kappa shape index (κ2) is 8.32. The summed E-state index contributed by atoms with van der Waals surface area (Å²) in [5.74, 6) is 1.30. The highest BCUT2D eigenvalue weighted by Crippen LogP contribution is 2.41. The number of benzene rings is 2. The third-order valence-corrected chi connectivity index (χ3v) is 7.79. The lowest BCUT2D eigenvalue weighted by Gasteiger charge is -2.42. The molecule has 6 heteroatoms. The highest BCUT2D eigenvalue weighted by Gasteiger charge is 2.36. The summed E-state index contributed by atoms with van der Waals surface area (Å²) in [4.78, 5) is 20.1. The number of nitrogens with zero attached hydrogens (tertiary/aromatic N) is 2. The van der Waals surface area contributed by atoms with Gasteiger partial charge in [0.1, 0.15) is 5.75 Å². The minimum absolute atomic E-state index is 0.0949. The fourth-order valence-electron chi connectivity index (χ4n) is 4.13. The number of thioether (sulfide) groups is 1. The molecule has 0 atom stereocenters. The molecule has 162 valence electrons. The number of amides is 1. The van der Waals surface area contributed by atoms with Gasteiger partial charge in [-0.2, -0.15) is 0 Å². The molecule has 4 nitrogen and oxygen atoms in total. The van der Waals surface area contributed by atoms with Gasteiger partial charge in [-0.15, -0.1) is 11.3 Å². The van der Waals surface area contributed by atoms with E-state index in [4.69, 9.17) is 9.72 Å². The minimum atomic E-state index is -0.379. The average molecular weight is 453 g/mol. The van der Waals surface area contributed by atoms with Crippen LogP contribution in [0.3, 0.4) is 0 Å². The Labute approximate surface area is 192 Å². The smallest absolute Gasteiger partial charge is 0.238 e. The van der Waals surface area contributed by atoms with Crippen molar-refractivity contribution in [3.63, 3.8) is 0 Å². The lowest BCUT2D eigenvalue weighted by molar-refractivity contribution is -0.116. The summed E-state index contributed by atoms with van der Waals surface area (Å²) in [6.07, 6.45) is 2.19. The van der Waals surface area contributed by atoms with Crippen LogP contribution in [0.2, 0.25) is 0 Å². The Bertz CT molecular complexity index is 1190. The second-order valence-electron chi connectivity index (χ2n) is 8.49. The van der Waals surface area contributed by atoms with Crippen molar-refractivity contribution in [2.24, 2.45) is 0 Å². The Balaban J connectivity index is 1.58. The molecule has 0 radical (unpaired) electrons. The third kappa shape index (κ3) is 4.23. The molecule has 2 aromatic carbocycles. The maximum atomic E-state index is 13.4. The van der Waals surface area contributed by atoms with Crippen molar-refractivity contribution < 1.29 is 9.53 Å². The first-order valence-corrected chi connectivity index (χ1v) is 12.3. The van der Waals surface area contributed by atoms with Gasteiger partial charge in [-0.25, -0.2) is 4.98 Å². The molecule has 0 N–H and O–H groups in total. The number of thiazole rings is 1. The molecule has 2 heterocycles. The van der Waals surface area contributed by atoms with Gasteiger partial charge in [0.2, 0.25) is 5.91 Å². The first-order valence-electron chi connectivity index (χ1n) is 10.5. The van der Waals surface area contributed by atoms with Crippen molar-refractivity contribution in [1.29, 1.82) is 0 Å². The molecule has 0 fully saturated rings. The molecule has 0 unspecified atom stereocenters. The molecular weight excluding hydrogens is 424 g/mol. The average Bonchev–Trinajstić information content (AvgIpc) is 3.10. The van der Waals surface area contributed by atoms with Crippen molar-refractivity contribution in [3.8, 4) is 5.75 Å². The van der Waals surface area contributed by atoms with Crippen molar-refractivity contribution in [1.82, 2.24) is 4.98 Å². The number of hydrogen-bond acceptors (Lipinski definition) is 5. The zero-order chi connectivity index (χ0) is 22.3. The summed E-state index contributed by atoms with van der Waals surface area (Å²) in [6.45, 7) is 13.2. The molecule has 0 saturated carbocycles. The standard InChI is InChI=1S/C25H28N2O2S2/c1-7-29-18-8-9-20-22(12-18)31-24(26-20)30-14-23(28)27-21-11-16(3)15(2)10-19(21)17(4)13-25(27,5)6/h8-13H,7,14H2,1-6H3. The van der Waals surface area contributed by atoms with Crippen molar-refractivity contribution in [2.45, 2.75) is 51.4 Å². The van der Waals surface area contributed by atoms with E-state index in [0.29, 0.717) is 12.4 Å². The summed E-state index contributed by atoms with van der Waals surface area (Å²) in [5.41, 5.74) is 6.37. The summed E-state index contributed by atoms with van der Waals surface area (Å²) in [7, 11) is 0. The van der Waals surface area contributed by atoms with Gasteiger partial charge < -0.3 is 9.64 Å². The fourth-order valence-corrected chi connectivity index (χ4v) is 6.08. The van der Waals surface area contributed by atoms with Crippen LogP contribution < -0.4 is 9.64 Å². The first kappa shape index (κ1) is 21.9. The predicted octanol–water partition coefficient (Wildman–Crippen LogP) is 6.63. The lowest BCUT2D eigenvalue weighted by Crippen LogP contribution is -2.49. The number of carbonyl (C=O) groups is 1. The van der Waals surface area contributed by atoms with Gasteiger partial charge in [-0.1, -0.05) is 17.8 Å². The van der Waals surface area contributed by atoms with Gasteiger partial charge in [0.05, 0.1) is 33.8 Å². The maximum Gasteiger partial charge on any atom is 0.238 e. The minimum Gasteiger partial charge on any atom is -0.494 e. The highest BCUT2D eigenvalue weighted by molar-refractivity contribution is 8.01. The van der Waals surface area contributed by atoms with Crippen molar-refractivity contribution in [2.75, 3.05) is 17.3 Å². The fraction of sp³-hybridized carbons (Fsp3) is 0.360. The van der Waals surface area contributed by atoms with E-state index in [-0.39, 0.29) is 11.4 Å². The number of fused-ring (bicyclic) bond motifs is 2. The van der Waals surface area contributed by atoms with Gasteiger partial charge in [-0.3, -0.25) is 4.79 Å². The SMILES string of the molecule is CCOc1ccc2nc(SCC(=O)N3c4cc(C)c(C)cc4C(C)=CC3(C)C)sc2c1. The van der Waals surface area contributed by atoms with Gasteiger partial charge in [0.25, 0.3) is 0 Å². The Morgan fingerprint density at radius 3 is 2.65 bits per heavy atom. The maximum absolute atomic E-state index is 13.4. The number of ether oxygens (including phenoxy) is 1. The number of allylic oxidation sites excluding steroid dienone is 1. The van der Waals surface area contributed by atoms with E-state index in [1.165, 1.54) is 28.5 Å². The molecule has 0 spiro atoms. The van der Waals surface area contributed by atoms with Crippen LogP contribution in [-0.2, 0) is 4.79 Å². The van der Waals surface area contributed by atoms with Gasteiger partial charge in [0, 0.05) is 5.56 Å². The van der Waals surface area contributed by atoms with E-state index >= 15 is 0 Å². The highest BCUT2D eigenvalue weighted by atomic mass is 32.2.